The Labute approximate surface area is 196 Å². The maximum Gasteiger partial charge on any atom is 0.133 e. The van der Waals surface area contributed by atoms with Gasteiger partial charge in [-0.15, -0.1) is 0 Å². The van der Waals surface area contributed by atoms with E-state index in [-0.39, 0.29) is 5.82 Å². The van der Waals surface area contributed by atoms with Crippen molar-refractivity contribution >= 4 is 10.8 Å². The number of fused-ring (bicyclic) bond motifs is 1. The van der Waals surface area contributed by atoms with Crippen LogP contribution in [-0.2, 0) is 19.3 Å². The number of aryl methyl sites for hydroxylation is 4. The van der Waals surface area contributed by atoms with Crippen molar-refractivity contribution in [1.29, 1.82) is 0 Å². The van der Waals surface area contributed by atoms with Crippen LogP contribution in [0, 0.1) is 24.6 Å². The molecule has 0 unspecified atom stereocenters. The normalized spacial score (nSPS) is 11.0. The molecule has 4 rings (SSSR count). The van der Waals surface area contributed by atoms with Gasteiger partial charge in [-0.3, -0.25) is 0 Å². The molecule has 33 heavy (non-hydrogen) atoms. The fourth-order valence-corrected chi connectivity index (χ4v) is 3.96. The molecule has 0 spiro atoms. The molecular weight excluding hydrogens is 403 g/mol. The third-order valence-corrected chi connectivity index (χ3v) is 6.01. The van der Waals surface area contributed by atoms with Crippen molar-refractivity contribution < 1.29 is 4.39 Å². The van der Waals surface area contributed by atoms with Gasteiger partial charge in [0.05, 0.1) is 0 Å². The average molecular weight is 433 g/mol. The molecule has 0 atom stereocenters. The zero-order valence-corrected chi connectivity index (χ0v) is 19.4. The van der Waals surface area contributed by atoms with Gasteiger partial charge in [0.15, 0.2) is 0 Å². The molecule has 0 fully saturated rings. The van der Waals surface area contributed by atoms with Gasteiger partial charge in [-0.25, -0.2) is 4.39 Å². The first kappa shape index (κ1) is 22.6. The summed E-state index contributed by atoms with van der Waals surface area (Å²) in [5, 5.41) is 1.53. The first-order valence-electron chi connectivity index (χ1n) is 11.6. The highest BCUT2D eigenvalue weighted by Gasteiger charge is 2.04. The molecule has 164 valence electrons. The van der Waals surface area contributed by atoms with E-state index in [2.05, 4.69) is 79.4 Å². The summed E-state index contributed by atoms with van der Waals surface area (Å²) >= 11 is 0. The molecule has 1 heteroatoms. The Balaban J connectivity index is 1.36. The van der Waals surface area contributed by atoms with Crippen molar-refractivity contribution in [3.63, 3.8) is 0 Å². The van der Waals surface area contributed by atoms with Gasteiger partial charge < -0.3 is 0 Å². The summed E-state index contributed by atoms with van der Waals surface area (Å²) in [7, 11) is 0. The molecule has 0 N–H and O–H groups in total. The van der Waals surface area contributed by atoms with Crippen molar-refractivity contribution in [1.82, 2.24) is 0 Å². The molecule has 4 aromatic carbocycles. The Morgan fingerprint density at radius 3 is 1.94 bits per heavy atom. The largest absolute Gasteiger partial charge is 0.206 e. The van der Waals surface area contributed by atoms with Crippen LogP contribution >= 0.6 is 0 Å². The molecule has 4 aromatic rings. The maximum absolute atomic E-state index is 14.2. The molecular formula is C32H29F. The molecule has 0 heterocycles. The lowest BCUT2D eigenvalue weighted by atomic mass is 10.0. The van der Waals surface area contributed by atoms with Crippen molar-refractivity contribution in [2.75, 3.05) is 0 Å². The molecule has 0 aliphatic carbocycles. The highest BCUT2D eigenvalue weighted by atomic mass is 19.1. The van der Waals surface area contributed by atoms with Gasteiger partial charge in [-0.05, 0) is 91.4 Å². The Morgan fingerprint density at radius 1 is 0.697 bits per heavy atom. The van der Waals surface area contributed by atoms with Crippen LogP contribution in [0.4, 0.5) is 4.39 Å². The molecule has 0 nitrogen and oxygen atoms in total. The van der Waals surface area contributed by atoms with Crippen molar-refractivity contribution in [2.24, 2.45) is 0 Å². The third kappa shape index (κ3) is 5.99. The first-order chi connectivity index (χ1) is 16.1. The zero-order valence-electron chi connectivity index (χ0n) is 19.4. The van der Waals surface area contributed by atoms with Gasteiger partial charge in [-0.1, -0.05) is 78.6 Å². The van der Waals surface area contributed by atoms with Crippen LogP contribution in [0.25, 0.3) is 10.8 Å². The lowest BCUT2D eigenvalue weighted by molar-refractivity contribution is 0.631. The van der Waals surface area contributed by atoms with Crippen LogP contribution in [0.5, 0.6) is 0 Å². The maximum atomic E-state index is 14.2. The molecule has 0 aliphatic heterocycles. The number of benzene rings is 4. The van der Waals surface area contributed by atoms with Crippen LogP contribution in [0.2, 0.25) is 0 Å². The van der Waals surface area contributed by atoms with Crippen LogP contribution < -0.4 is 0 Å². The number of rotatable bonds is 6. The molecule has 0 saturated carbocycles. The Hall–Kier alpha value is -3.63. The minimum Gasteiger partial charge on any atom is -0.206 e. The second-order valence-corrected chi connectivity index (χ2v) is 8.50. The third-order valence-electron chi connectivity index (χ3n) is 6.01. The van der Waals surface area contributed by atoms with Gasteiger partial charge in [-0.2, -0.15) is 0 Å². The second-order valence-electron chi connectivity index (χ2n) is 8.50. The van der Waals surface area contributed by atoms with Crippen LogP contribution in [0.3, 0.4) is 0 Å². The SMILES string of the molecule is C/C=C/CCc1ccc(CCc2ccc(C#Cc3ccc4c(F)c(C)ccc4c3)cc2)cc1. The van der Waals surface area contributed by atoms with Gasteiger partial charge in [0, 0.05) is 16.5 Å². The van der Waals surface area contributed by atoms with E-state index < -0.39 is 0 Å². The zero-order chi connectivity index (χ0) is 23.0. The highest BCUT2D eigenvalue weighted by Crippen LogP contribution is 2.22. The highest BCUT2D eigenvalue weighted by molar-refractivity contribution is 5.85. The average Bonchev–Trinajstić information content (AvgIpc) is 2.85. The fraction of sp³-hybridized carbons (Fsp3) is 0.188. The number of allylic oxidation sites excluding steroid dienone is 2. The summed E-state index contributed by atoms with van der Waals surface area (Å²) in [5.74, 6) is 6.29. The molecule has 0 radical (unpaired) electrons. The van der Waals surface area contributed by atoms with Gasteiger partial charge >= 0.3 is 0 Å². The Kier molecular flexibility index (Phi) is 7.38. The van der Waals surface area contributed by atoms with Crippen molar-refractivity contribution in [3.05, 3.63) is 130 Å². The van der Waals surface area contributed by atoms with E-state index in [0.717, 1.165) is 42.2 Å². The van der Waals surface area contributed by atoms with E-state index >= 15 is 0 Å². The van der Waals surface area contributed by atoms with Crippen molar-refractivity contribution in [3.8, 4) is 11.8 Å². The summed E-state index contributed by atoms with van der Waals surface area (Å²) in [6, 6.07) is 26.9. The van der Waals surface area contributed by atoms with Gasteiger partial charge in [0.2, 0.25) is 0 Å². The molecule has 0 aromatic heterocycles. The van der Waals surface area contributed by atoms with E-state index in [0.29, 0.717) is 10.9 Å². The number of hydrogen-bond acceptors (Lipinski definition) is 0. The predicted octanol–water partition coefficient (Wildman–Crippen LogP) is 7.98. The van der Waals surface area contributed by atoms with Crippen molar-refractivity contribution in [2.45, 2.75) is 39.5 Å². The molecule has 0 bridgehead atoms. The number of hydrogen-bond donors (Lipinski definition) is 0. The van der Waals surface area contributed by atoms with Crippen LogP contribution in [0.1, 0.15) is 46.7 Å². The molecule has 0 saturated heterocycles. The summed E-state index contributed by atoms with van der Waals surface area (Å²) in [6.45, 7) is 3.85. The van der Waals surface area contributed by atoms with E-state index in [4.69, 9.17) is 0 Å². The Bertz CT molecular complexity index is 1310. The van der Waals surface area contributed by atoms with Gasteiger partial charge in [0.1, 0.15) is 5.82 Å². The minimum atomic E-state index is -0.150. The van der Waals surface area contributed by atoms with Gasteiger partial charge in [0.25, 0.3) is 0 Å². The monoisotopic (exact) mass is 432 g/mol. The quantitative estimate of drug-likeness (QED) is 0.214. The summed E-state index contributed by atoms with van der Waals surface area (Å²) in [4.78, 5) is 0. The first-order valence-corrected chi connectivity index (χ1v) is 11.6. The Morgan fingerprint density at radius 2 is 1.27 bits per heavy atom. The van der Waals surface area contributed by atoms with E-state index in [1.165, 1.54) is 16.7 Å². The smallest absolute Gasteiger partial charge is 0.133 e. The summed E-state index contributed by atoms with van der Waals surface area (Å²) in [5.41, 5.74) is 6.62. The standard InChI is InChI=1S/C32H29F/c1-3-4-5-6-25-8-10-26(11-9-25)12-13-27-14-16-28(17-15-27)18-19-29-20-22-31-30(23-29)21-7-24(2)32(31)33/h3-4,7-11,14-17,20-23H,5-6,12-13H2,1-2H3/b4-3+. The topological polar surface area (TPSA) is 0 Å². The summed E-state index contributed by atoms with van der Waals surface area (Å²) in [6.07, 6.45) is 8.57. The number of halogens is 1. The van der Waals surface area contributed by atoms with Crippen LogP contribution in [-0.4, -0.2) is 0 Å². The molecule has 0 amide bonds. The van der Waals surface area contributed by atoms with E-state index in [9.17, 15) is 4.39 Å². The molecule has 0 aliphatic rings. The van der Waals surface area contributed by atoms with E-state index in [1.807, 2.05) is 30.3 Å². The predicted molar refractivity (Wildman–Crippen MR) is 138 cm³/mol. The van der Waals surface area contributed by atoms with Crippen LogP contribution in [0.15, 0.2) is 91.0 Å². The fourth-order valence-electron chi connectivity index (χ4n) is 3.96. The lowest BCUT2D eigenvalue weighted by Gasteiger charge is -2.05. The van der Waals surface area contributed by atoms with E-state index in [1.54, 1.807) is 6.92 Å². The summed E-state index contributed by atoms with van der Waals surface area (Å²) < 4.78 is 14.2. The minimum absolute atomic E-state index is 0.150. The second kappa shape index (κ2) is 10.8. The lowest BCUT2D eigenvalue weighted by Crippen LogP contribution is -1.92.